The first-order valence-electron chi connectivity index (χ1n) is 4.63. The van der Waals surface area contributed by atoms with Gasteiger partial charge in [-0.2, -0.15) is 0 Å². The predicted octanol–water partition coefficient (Wildman–Crippen LogP) is -0.568. The standard InChI is InChI=1S/C9H18O5/c1-4-6(10)9(3,13)7(11)8(12)14-5-2/h6-7,10-11,13H,4-5H2,1-3H3/t6-,7-,9-/m0/s1. The van der Waals surface area contributed by atoms with Crippen LogP contribution in [0, 0.1) is 0 Å². The molecule has 0 saturated carbocycles. The van der Waals surface area contributed by atoms with Gasteiger partial charge in [-0.15, -0.1) is 0 Å². The van der Waals surface area contributed by atoms with E-state index in [-0.39, 0.29) is 13.0 Å². The van der Waals surface area contributed by atoms with Crippen molar-refractivity contribution < 1.29 is 24.9 Å². The highest BCUT2D eigenvalue weighted by Gasteiger charge is 2.42. The van der Waals surface area contributed by atoms with E-state index in [2.05, 4.69) is 4.74 Å². The van der Waals surface area contributed by atoms with Gasteiger partial charge in [-0.05, 0) is 20.3 Å². The molecular weight excluding hydrogens is 188 g/mol. The van der Waals surface area contributed by atoms with Crippen molar-refractivity contribution in [2.75, 3.05) is 6.61 Å². The second-order valence-electron chi connectivity index (χ2n) is 3.30. The Morgan fingerprint density at radius 2 is 1.93 bits per heavy atom. The molecule has 0 rings (SSSR count). The summed E-state index contributed by atoms with van der Waals surface area (Å²) in [5, 5.41) is 28.4. The molecule has 0 aliphatic rings. The maximum absolute atomic E-state index is 11.1. The van der Waals surface area contributed by atoms with Gasteiger partial charge in [0.1, 0.15) is 5.60 Å². The summed E-state index contributed by atoms with van der Waals surface area (Å²) in [6.45, 7) is 4.55. The Bertz CT molecular complexity index is 190. The van der Waals surface area contributed by atoms with Crippen LogP contribution in [-0.4, -0.2) is 45.7 Å². The van der Waals surface area contributed by atoms with Crippen molar-refractivity contribution in [2.45, 2.75) is 45.0 Å². The summed E-state index contributed by atoms with van der Waals surface area (Å²) in [4.78, 5) is 11.1. The van der Waals surface area contributed by atoms with Crippen LogP contribution in [0.3, 0.4) is 0 Å². The lowest BCUT2D eigenvalue weighted by Crippen LogP contribution is -2.53. The van der Waals surface area contributed by atoms with Gasteiger partial charge in [-0.25, -0.2) is 4.79 Å². The Morgan fingerprint density at radius 3 is 2.29 bits per heavy atom. The Labute approximate surface area is 83.3 Å². The minimum atomic E-state index is -1.87. The zero-order chi connectivity index (χ0) is 11.4. The molecule has 0 fully saturated rings. The molecule has 0 radical (unpaired) electrons. The second kappa shape index (κ2) is 5.29. The zero-order valence-corrected chi connectivity index (χ0v) is 8.73. The first-order chi connectivity index (χ1) is 6.37. The van der Waals surface area contributed by atoms with Gasteiger partial charge in [0.25, 0.3) is 0 Å². The van der Waals surface area contributed by atoms with Crippen LogP contribution in [0.25, 0.3) is 0 Å². The van der Waals surface area contributed by atoms with E-state index in [4.69, 9.17) is 0 Å². The van der Waals surface area contributed by atoms with Crippen LogP contribution in [0.1, 0.15) is 27.2 Å². The monoisotopic (exact) mass is 206 g/mol. The molecule has 0 amide bonds. The highest BCUT2D eigenvalue weighted by Crippen LogP contribution is 2.18. The van der Waals surface area contributed by atoms with Crippen LogP contribution in [0.15, 0.2) is 0 Å². The largest absolute Gasteiger partial charge is 0.464 e. The van der Waals surface area contributed by atoms with Crippen LogP contribution < -0.4 is 0 Å². The molecule has 0 saturated heterocycles. The third-order valence-corrected chi connectivity index (χ3v) is 2.12. The summed E-state index contributed by atoms with van der Waals surface area (Å²) < 4.78 is 4.52. The van der Waals surface area contributed by atoms with Gasteiger partial charge < -0.3 is 20.1 Å². The van der Waals surface area contributed by atoms with E-state index < -0.39 is 23.8 Å². The lowest BCUT2D eigenvalue weighted by Gasteiger charge is -2.31. The van der Waals surface area contributed by atoms with Gasteiger partial charge >= 0.3 is 5.97 Å². The van der Waals surface area contributed by atoms with Crippen LogP contribution >= 0.6 is 0 Å². The Kier molecular flexibility index (Phi) is 5.04. The molecule has 3 N–H and O–H groups in total. The lowest BCUT2D eigenvalue weighted by molar-refractivity contribution is -0.181. The summed E-state index contributed by atoms with van der Waals surface area (Å²) in [6.07, 6.45) is -2.65. The van der Waals surface area contributed by atoms with Crippen molar-refractivity contribution >= 4 is 5.97 Å². The van der Waals surface area contributed by atoms with Crippen molar-refractivity contribution in [3.8, 4) is 0 Å². The number of aliphatic hydroxyl groups excluding tert-OH is 2. The highest BCUT2D eigenvalue weighted by molar-refractivity contribution is 5.76. The third-order valence-electron chi connectivity index (χ3n) is 2.12. The molecule has 14 heavy (non-hydrogen) atoms. The van der Waals surface area contributed by atoms with Crippen molar-refractivity contribution in [1.82, 2.24) is 0 Å². The normalized spacial score (nSPS) is 19.6. The molecule has 5 nitrogen and oxygen atoms in total. The summed E-state index contributed by atoms with van der Waals surface area (Å²) in [6, 6.07) is 0. The fraction of sp³-hybridized carbons (Fsp3) is 0.889. The molecule has 0 spiro atoms. The Balaban J connectivity index is 4.48. The van der Waals surface area contributed by atoms with Crippen LogP contribution in [0.5, 0.6) is 0 Å². The van der Waals surface area contributed by atoms with Crippen molar-refractivity contribution in [1.29, 1.82) is 0 Å². The van der Waals surface area contributed by atoms with Crippen LogP contribution in [0.4, 0.5) is 0 Å². The molecule has 0 unspecified atom stereocenters. The average molecular weight is 206 g/mol. The molecule has 84 valence electrons. The van der Waals surface area contributed by atoms with E-state index in [1.165, 1.54) is 6.92 Å². The first-order valence-corrected chi connectivity index (χ1v) is 4.63. The zero-order valence-electron chi connectivity index (χ0n) is 8.73. The maximum atomic E-state index is 11.1. The fourth-order valence-electron chi connectivity index (χ4n) is 1.06. The summed E-state index contributed by atoms with van der Waals surface area (Å²) in [7, 11) is 0. The molecule has 0 aromatic heterocycles. The number of hydrogen-bond donors (Lipinski definition) is 3. The van der Waals surface area contributed by atoms with Gasteiger partial charge in [-0.1, -0.05) is 6.92 Å². The van der Waals surface area contributed by atoms with E-state index in [1.54, 1.807) is 13.8 Å². The molecular formula is C9H18O5. The number of rotatable bonds is 5. The van der Waals surface area contributed by atoms with Crippen LogP contribution in [-0.2, 0) is 9.53 Å². The van der Waals surface area contributed by atoms with E-state index in [0.717, 1.165) is 0 Å². The summed E-state index contributed by atoms with van der Waals surface area (Å²) in [5.41, 5.74) is -1.87. The van der Waals surface area contributed by atoms with Crippen molar-refractivity contribution in [3.05, 3.63) is 0 Å². The molecule has 0 aliphatic heterocycles. The Morgan fingerprint density at radius 1 is 1.43 bits per heavy atom. The Hall–Kier alpha value is -0.650. The molecule has 0 aliphatic carbocycles. The number of esters is 1. The van der Waals surface area contributed by atoms with E-state index in [9.17, 15) is 20.1 Å². The minimum Gasteiger partial charge on any atom is -0.464 e. The van der Waals surface area contributed by atoms with Crippen molar-refractivity contribution in [3.63, 3.8) is 0 Å². The average Bonchev–Trinajstić information content (AvgIpc) is 2.15. The van der Waals surface area contributed by atoms with Crippen LogP contribution in [0.2, 0.25) is 0 Å². The predicted molar refractivity (Wildman–Crippen MR) is 49.6 cm³/mol. The maximum Gasteiger partial charge on any atom is 0.338 e. The number of hydrogen-bond acceptors (Lipinski definition) is 5. The SMILES string of the molecule is CCOC(=O)[C@H](O)[C@@](C)(O)[C@@H](O)CC. The molecule has 0 aromatic carbocycles. The topological polar surface area (TPSA) is 87.0 Å². The van der Waals surface area contributed by atoms with Gasteiger partial charge in [0.15, 0.2) is 6.10 Å². The molecule has 5 heteroatoms. The minimum absolute atomic E-state index is 0.119. The van der Waals surface area contributed by atoms with Gasteiger partial charge in [0, 0.05) is 0 Å². The lowest BCUT2D eigenvalue weighted by atomic mass is 9.91. The van der Waals surface area contributed by atoms with E-state index >= 15 is 0 Å². The van der Waals surface area contributed by atoms with Crippen molar-refractivity contribution in [2.24, 2.45) is 0 Å². The smallest absolute Gasteiger partial charge is 0.338 e. The first kappa shape index (κ1) is 13.4. The number of ether oxygens (including phenoxy) is 1. The highest BCUT2D eigenvalue weighted by atomic mass is 16.5. The summed E-state index contributed by atoms with van der Waals surface area (Å²) >= 11 is 0. The van der Waals surface area contributed by atoms with E-state index in [1.807, 2.05) is 0 Å². The van der Waals surface area contributed by atoms with Gasteiger partial charge in [-0.3, -0.25) is 0 Å². The number of carbonyl (C=O) groups is 1. The molecule has 0 heterocycles. The summed E-state index contributed by atoms with van der Waals surface area (Å²) in [5.74, 6) is -0.926. The second-order valence-corrected chi connectivity index (χ2v) is 3.30. The fourth-order valence-corrected chi connectivity index (χ4v) is 1.06. The molecule has 0 bridgehead atoms. The number of aliphatic hydroxyl groups is 3. The van der Waals surface area contributed by atoms with E-state index in [0.29, 0.717) is 0 Å². The van der Waals surface area contributed by atoms with Gasteiger partial charge in [0.2, 0.25) is 0 Å². The van der Waals surface area contributed by atoms with Gasteiger partial charge in [0.05, 0.1) is 12.7 Å². The molecule has 0 aromatic rings. The quantitative estimate of drug-likeness (QED) is 0.524. The number of carbonyl (C=O) groups excluding carboxylic acids is 1. The molecule has 3 atom stereocenters. The third kappa shape index (κ3) is 2.94.